The van der Waals surface area contributed by atoms with E-state index in [1.54, 1.807) is 14.0 Å². The fraction of sp³-hybridized carbons (Fsp3) is 0.625. The van der Waals surface area contributed by atoms with Crippen LogP contribution >= 0.6 is 0 Å². The van der Waals surface area contributed by atoms with Crippen LogP contribution in [0.4, 0.5) is 0 Å². The topological polar surface area (TPSA) is 77.7 Å². The van der Waals surface area contributed by atoms with Gasteiger partial charge in [0, 0.05) is 12.1 Å². The minimum Gasteiger partial charge on any atom is -0.497 e. The van der Waals surface area contributed by atoms with Crippen LogP contribution in [0.1, 0.15) is 55.8 Å². The van der Waals surface area contributed by atoms with E-state index in [1.807, 2.05) is 18.2 Å². The van der Waals surface area contributed by atoms with E-state index in [9.17, 15) is 4.79 Å². The first-order valence-corrected chi connectivity index (χ1v) is 11.3. The normalized spacial score (nSPS) is 28.6. The number of carbonyl (C=O) groups is 1. The van der Waals surface area contributed by atoms with Crippen LogP contribution in [0.5, 0.6) is 5.75 Å². The summed E-state index contributed by atoms with van der Waals surface area (Å²) >= 11 is 0. The Labute approximate surface area is 183 Å². The number of methoxy groups -OCH3 is 1. The maximum Gasteiger partial charge on any atom is 0.252 e. The first-order valence-electron chi connectivity index (χ1n) is 11.3. The van der Waals surface area contributed by atoms with E-state index < -0.39 is 0 Å². The zero-order chi connectivity index (χ0) is 21.4. The summed E-state index contributed by atoms with van der Waals surface area (Å²) in [5, 5.41) is 3.78. The molecule has 0 unspecified atom stereocenters. The monoisotopic (exact) mass is 425 g/mol. The summed E-state index contributed by atoms with van der Waals surface area (Å²) in [5.41, 5.74) is 1.05. The molecule has 4 saturated carbocycles. The highest BCUT2D eigenvalue weighted by Gasteiger charge is 2.54. The first-order chi connectivity index (χ1) is 15.0. The highest BCUT2D eigenvalue weighted by atomic mass is 16.5. The smallest absolute Gasteiger partial charge is 0.252 e. The average molecular weight is 426 g/mol. The Morgan fingerprint density at radius 1 is 1.19 bits per heavy atom. The quantitative estimate of drug-likeness (QED) is 0.638. The SMILES string of the molecule is COc1cccc(CN(C(=O)COCc2nc(C)no2)C23CC4CC(CC(C4)C2)C3)c1. The van der Waals surface area contributed by atoms with Gasteiger partial charge in [-0.25, -0.2) is 0 Å². The summed E-state index contributed by atoms with van der Waals surface area (Å²) in [7, 11) is 1.67. The molecule has 7 nitrogen and oxygen atoms in total. The van der Waals surface area contributed by atoms with Gasteiger partial charge >= 0.3 is 0 Å². The molecule has 1 aromatic heterocycles. The third-order valence-electron chi connectivity index (χ3n) is 7.38. The molecule has 0 atom stereocenters. The van der Waals surface area contributed by atoms with Gasteiger partial charge in [-0.2, -0.15) is 4.98 Å². The number of ether oxygens (including phenoxy) is 2. The number of amides is 1. The number of hydrogen-bond acceptors (Lipinski definition) is 6. The van der Waals surface area contributed by atoms with Gasteiger partial charge in [-0.3, -0.25) is 4.79 Å². The molecule has 2 aromatic rings. The minimum absolute atomic E-state index is 0.0210. The van der Waals surface area contributed by atoms with Crippen LogP contribution in [-0.4, -0.2) is 40.2 Å². The molecule has 166 valence electrons. The third kappa shape index (κ3) is 4.20. The summed E-state index contributed by atoms with van der Waals surface area (Å²) < 4.78 is 16.2. The Bertz CT molecular complexity index is 905. The Hall–Kier alpha value is -2.41. The van der Waals surface area contributed by atoms with E-state index in [4.69, 9.17) is 14.0 Å². The Kier molecular flexibility index (Phi) is 5.46. The molecule has 31 heavy (non-hydrogen) atoms. The number of carbonyl (C=O) groups excluding carboxylic acids is 1. The number of benzene rings is 1. The summed E-state index contributed by atoms with van der Waals surface area (Å²) in [6, 6.07) is 8.04. The summed E-state index contributed by atoms with van der Waals surface area (Å²) in [6.45, 7) is 2.53. The molecule has 0 radical (unpaired) electrons. The molecule has 0 aliphatic heterocycles. The van der Waals surface area contributed by atoms with E-state index in [0.717, 1.165) is 48.3 Å². The standard InChI is InChI=1S/C24H31N3O4/c1-16-25-22(31-26-16)14-30-15-23(28)27(13-17-4-3-5-21(9-17)29-2)24-10-18-6-19(11-24)8-20(7-18)12-24/h3-5,9,18-20H,6-8,10-15H2,1-2H3. The van der Waals surface area contributed by atoms with E-state index in [1.165, 1.54) is 19.3 Å². The van der Waals surface area contributed by atoms with E-state index in [0.29, 0.717) is 18.3 Å². The van der Waals surface area contributed by atoms with Gasteiger partial charge in [0.1, 0.15) is 19.0 Å². The van der Waals surface area contributed by atoms with Crippen molar-refractivity contribution in [3.8, 4) is 5.75 Å². The van der Waals surface area contributed by atoms with Gasteiger partial charge in [-0.05, 0) is 80.9 Å². The first kappa shape index (κ1) is 20.5. The zero-order valence-corrected chi connectivity index (χ0v) is 18.4. The minimum atomic E-state index is -0.0423. The Balaban J connectivity index is 1.35. The van der Waals surface area contributed by atoms with Crippen molar-refractivity contribution < 1.29 is 18.8 Å². The third-order valence-corrected chi connectivity index (χ3v) is 7.38. The zero-order valence-electron chi connectivity index (χ0n) is 18.4. The lowest BCUT2D eigenvalue weighted by atomic mass is 9.52. The van der Waals surface area contributed by atoms with Crippen molar-refractivity contribution in [3.05, 3.63) is 41.5 Å². The second-order valence-electron chi connectivity index (χ2n) is 9.70. The van der Waals surface area contributed by atoms with Crippen molar-refractivity contribution in [1.82, 2.24) is 15.0 Å². The number of hydrogen-bond donors (Lipinski definition) is 0. The highest BCUT2D eigenvalue weighted by molar-refractivity contribution is 5.78. The molecule has 7 heteroatoms. The molecular weight excluding hydrogens is 394 g/mol. The van der Waals surface area contributed by atoms with Crippen molar-refractivity contribution >= 4 is 5.91 Å². The summed E-state index contributed by atoms with van der Waals surface area (Å²) in [5.74, 6) is 4.11. The molecule has 4 aliphatic carbocycles. The van der Waals surface area contributed by atoms with Crippen molar-refractivity contribution in [2.24, 2.45) is 17.8 Å². The van der Waals surface area contributed by atoms with Crippen LogP contribution < -0.4 is 4.74 Å². The Morgan fingerprint density at radius 2 is 1.90 bits per heavy atom. The summed E-state index contributed by atoms with van der Waals surface area (Å²) in [4.78, 5) is 19.8. The van der Waals surface area contributed by atoms with Crippen molar-refractivity contribution in [1.29, 1.82) is 0 Å². The maximum absolute atomic E-state index is 13.5. The molecule has 4 bridgehead atoms. The predicted octanol–water partition coefficient (Wildman–Crippen LogP) is 3.90. The van der Waals surface area contributed by atoms with Crippen molar-refractivity contribution in [2.45, 2.75) is 64.1 Å². The van der Waals surface area contributed by atoms with Crippen LogP contribution in [0.15, 0.2) is 28.8 Å². The fourth-order valence-corrected chi connectivity index (χ4v) is 6.57. The van der Waals surface area contributed by atoms with Gasteiger partial charge in [0.05, 0.1) is 7.11 Å². The molecule has 0 saturated heterocycles. The van der Waals surface area contributed by atoms with Gasteiger partial charge in [0.2, 0.25) is 5.91 Å². The maximum atomic E-state index is 13.5. The average Bonchev–Trinajstić information content (AvgIpc) is 3.16. The number of aryl methyl sites for hydroxylation is 1. The van der Waals surface area contributed by atoms with E-state index in [-0.39, 0.29) is 24.7 Å². The summed E-state index contributed by atoms with van der Waals surface area (Å²) in [6.07, 6.45) is 7.39. The lowest BCUT2D eigenvalue weighted by Gasteiger charge is -2.60. The molecule has 6 rings (SSSR count). The van der Waals surface area contributed by atoms with Gasteiger partial charge < -0.3 is 18.9 Å². The van der Waals surface area contributed by atoms with Crippen LogP contribution in [0.25, 0.3) is 0 Å². The van der Waals surface area contributed by atoms with Gasteiger partial charge in [0.25, 0.3) is 5.89 Å². The van der Waals surface area contributed by atoms with Gasteiger partial charge in [0.15, 0.2) is 5.82 Å². The van der Waals surface area contributed by atoms with Gasteiger partial charge in [-0.1, -0.05) is 17.3 Å². The van der Waals surface area contributed by atoms with Crippen molar-refractivity contribution in [3.63, 3.8) is 0 Å². The van der Waals surface area contributed by atoms with E-state index in [2.05, 4.69) is 21.1 Å². The Morgan fingerprint density at radius 3 is 2.52 bits per heavy atom. The molecule has 1 heterocycles. The van der Waals surface area contributed by atoms with Crippen molar-refractivity contribution in [2.75, 3.05) is 13.7 Å². The van der Waals surface area contributed by atoms with Crippen LogP contribution in [-0.2, 0) is 22.7 Å². The lowest BCUT2D eigenvalue weighted by Crippen LogP contribution is -2.61. The lowest BCUT2D eigenvalue weighted by molar-refractivity contribution is -0.157. The number of nitrogens with zero attached hydrogens (tertiary/aromatic N) is 3. The largest absolute Gasteiger partial charge is 0.497 e. The van der Waals surface area contributed by atoms with E-state index >= 15 is 0 Å². The second kappa shape index (κ2) is 8.26. The van der Waals surface area contributed by atoms with Gasteiger partial charge in [-0.15, -0.1) is 0 Å². The molecule has 1 amide bonds. The highest BCUT2D eigenvalue weighted by Crippen LogP contribution is 2.58. The molecule has 0 N–H and O–H groups in total. The molecular formula is C24H31N3O4. The number of rotatable bonds is 8. The van der Waals surface area contributed by atoms with Crippen LogP contribution in [0, 0.1) is 24.7 Å². The molecule has 4 aliphatic rings. The molecule has 0 spiro atoms. The second-order valence-corrected chi connectivity index (χ2v) is 9.70. The fourth-order valence-electron chi connectivity index (χ4n) is 6.57. The predicted molar refractivity (Wildman–Crippen MR) is 113 cm³/mol. The van der Waals surface area contributed by atoms with Crippen LogP contribution in [0.2, 0.25) is 0 Å². The van der Waals surface area contributed by atoms with Crippen LogP contribution in [0.3, 0.4) is 0 Å². The number of aromatic nitrogens is 2. The molecule has 1 aromatic carbocycles. The molecule has 4 fully saturated rings.